The van der Waals surface area contributed by atoms with Crippen LogP contribution >= 0.6 is 0 Å². The van der Waals surface area contributed by atoms with Crippen molar-refractivity contribution in [3.63, 3.8) is 0 Å². The summed E-state index contributed by atoms with van der Waals surface area (Å²) in [4.78, 5) is 45.0. The van der Waals surface area contributed by atoms with E-state index in [1.807, 2.05) is 37.0 Å². The lowest BCUT2D eigenvalue weighted by atomic mass is 9.54. The SMILES string of the molecule is C=CCN(C)Cc1cc(N(C)C)c2c(c1O)C(O)=C1C(=O)[C@@]3(O)C(=O)C(C(N)=O)C(O)[C@H](N(C)C)[C@H]3C[C@H]1C2. The summed E-state index contributed by atoms with van der Waals surface area (Å²) in [5, 5.41) is 45.6. The molecule has 0 aliphatic heterocycles. The first-order valence-corrected chi connectivity index (χ1v) is 12.9. The lowest BCUT2D eigenvalue weighted by Crippen LogP contribution is -2.73. The predicted molar refractivity (Wildman–Crippen MR) is 145 cm³/mol. The summed E-state index contributed by atoms with van der Waals surface area (Å²) in [6, 6.07) is 0.921. The fourth-order valence-corrected chi connectivity index (χ4v) is 6.80. The van der Waals surface area contributed by atoms with E-state index in [1.165, 1.54) is 0 Å². The molecule has 11 nitrogen and oxygen atoms in total. The van der Waals surface area contributed by atoms with Gasteiger partial charge in [0.15, 0.2) is 11.4 Å². The van der Waals surface area contributed by atoms with Gasteiger partial charge in [-0.1, -0.05) is 6.08 Å². The Morgan fingerprint density at radius 3 is 2.38 bits per heavy atom. The van der Waals surface area contributed by atoms with Gasteiger partial charge in [0.05, 0.1) is 11.7 Å². The molecule has 1 aromatic rings. The molecule has 2 unspecified atom stereocenters. The number of aliphatic hydroxyl groups excluding tert-OH is 2. The molecule has 0 bridgehead atoms. The number of carbonyl (C=O) groups is 3. The Morgan fingerprint density at radius 2 is 1.85 bits per heavy atom. The summed E-state index contributed by atoms with van der Waals surface area (Å²) in [6.45, 7) is 4.62. The Labute approximate surface area is 227 Å². The van der Waals surface area contributed by atoms with Crippen molar-refractivity contribution in [3.8, 4) is 5.75 Å². The van der Waals surface area contributed by atoms with E-state index in [0.717, 1.165) is 5.69 Å². The summed E-state index contributed by atoms with van der Waals surface area (Å²) in [7, 11) is 8.78. The molecule has 0 radical (unpaired) electrons. The third-order valence-corrected chi connectivity index (χ3v) is 8.51. The number of aromatic hydroxyl groups is 1. The van der Waals surface area contributed by atoms with Gasteiger partial charge < -0.3 is 36.0 Å². The Hall–Kier alpha value is -3.25. The Balaban J connectivity index is 1.92. The quantitative estimate of drug-likeness (QED) is 0.230. The van der Waals surface area contributed by atoms with E-state index < -0.39 is 58.7 Å². The number of primary amides is 1. The third-order valence-electron chi connectivity index (χ3n) is 8.51. The van der Waals surface area contributed by atoms with Crippen LogP contribution in [0, 0.1) is 17.8 Å². The van der Waals surface area contributed by atoms with Crippen molar-refractivity contribution >= 4 is 28.9 Å². The minimum Gasteiger partial charge on any atom is -0.507 e. The lowest BCUT2D eigenvalue weighted by Gasteiger charge is -2.53. The zero-order valence-electron chi connectivity index (χ0n) is 23.0. The Morgan fingerprint density at radius 1 is 1.21 bits per heavy atom. The van der Waals surface area contributed by atoms with Crippen LogP contribution in [0.25, 0.3) is 5.76 Å². The van der Waals surface area contributed by atoms with Gasteiger partial charge in [-0.2, -0.15) is 0 Å². The van der Waals surface area contributed by atoms with E-state index in [2.05, 4.69) is 6.58 Å². The maximum Gasteiger partial charge on any atom is 0.230 e. The number of aliphatic hydroxyl groups is 3. The van der Waals surface area contributed by atoms with Gasteiger partial charge >= 0.3 is 0 Å². The second-order valence-corrected chi connectivity index (χ2v) is 11.4. The fraction of sp³-hybridized carbons (Fsp3) is 0.536. The van der Waals surface area contributed by atoms with E-state index in [1.54, 1.807) is 25.1 Å². The predicted octanol–water partition coefficient (Wildman–Crippen LogP) is -0.187. The molecule has 6 N–H and O–H groups in total. The number of benzene rings is 1. The molecule has 0 heterocycles. The van der Waals surface area contributed by atoms with Crippen LogP contribution in [0.1, 0.15) is 23.1 Å². The van der Waals surface area contributed by atoms with Crippen molar-refractivity contribution in [2.45, 2.75) is 37.1 Å². The molecule has 1 amide bonds. The zero-order valence-corrected chi connectivity index (χ0v) is 23.0. The van der Waals surface area contributed by atoms with Crippen LogP contribution < -0.4 is 10.6 Å². The van der Waals surface area contributed by atoms with Crippen molar-refractivity contribution in [1.82, 2.24) is 9.80 Å². The molecule has 4 rings (SSSR count). The van der Waals surface area contributed by atoms with Gasteiger partial charge in [-0.25, -0.2) is 0 Å². The van der Waals surface area contributed by atoms with Gasteiger partial charge in [-0.15, -0.1) is 6.58 Å². The number of nitrogens with two attached hydrogens (primary N) is 1. The largest absolute Gasteiger partial charge is 0.507 e. The van der Waals surface area contributed by atoms with E-state index in [9.17, 15) is 34.8 Å². The molecule has 0 aromatic heterocycles. The highest BCUT2D eigenvalue weighted by Crippen LogP contribution is 2.53. The summed E-state index contributed by atoms with van der Waals surface area (Å²) in [5.41, 5.74) is 4.59. The van der Waals surface area contributed by atoms with Crippen LogP contribution in [0.15, 0.2) is 24.3 Å². The van der Waals surface area contributed by atoms with Crippen LogP contribution in [0.4, 0.5) is 5.69 Å². The maximum absolute atomic E-state index is 14.0. The summed E-state index contributed by atoms with van der Waals surface area (Å²) < 4.78 is 0. The molecular weight excluding hydrogens is 504 g/mol. The van der Waals surface area contributed by atoms with E-state index in [-0.39, 0.29) is 29.7 Å². The van der Waals surface area contributed by atoms with Crippen LogP contribution in [0.5, 0.6) is 5.75 Å². The minimum atomic E-state index is -2.67. The molecule has 2 fully saturated rings. The van der Waals surface area contributed by atoms with Crippen molar-refractivity contribution < 1.29 is 34.8 Å². The number of nitrogens with zero attached hydrogens (tertiary/aromatic N) is 3. The van der Waals surface area contributed by atoms with Crippen LogP contribution in [-0.4, -0.2) is 107 Å². The van der Waals surface area contributed by atoms with Gasteiger partial charge in [-0.3, -0.25) is 19.3 Å². The Bertz CT molecular complexity index is 1270. The number of amides is 1. The van der Waals surface area contributed by atoms with Crippen molar-refractivity contribution in [2.75, 3.05) is 46.7 Å². The molecule has 11 heteroatoms. The number of hydrogen-bond acceptors (Lipinski definition) is 10. The fourth-order valence-electron chi connectivity index (χ4n) is 6.80. The third kappa shape index (κ3) is 4.24. The molecule has 3 aliphatic carbocycles. The monoisotopic (exact) mass is 542 g/mol. The molecule has 0 saturated heterocycles. The van der Waals surface area contributed by atoms with Crippen LogP contribution in [0.2, 0.25) is 0 Å². The average Bonchev–Trinajstić information content (AvgIpc) is 2.82. The number of phenolic OH excluding ortho intramolecular Hbond substituents is 1. The standard InChI is InChI=1S/C28H38N4O7/c1-7-8-32(6)12-14-11-17(30(2)3)15-9-13-10-16-21(31(4)5)24(35)20(27(29)38)26(37)28(16,39)25(36)18(13)23(34)19(15)22(14)33/h7,11,13,16,20-21,24,33-35,39H,1,8-10,12H2,2-6H3,(H2,29,38)/t13-,16-,20?,21-,24?,28-/m1/s1. The van der Waals surface area contributed by atoms with Gasteiger partial charge in [0.25, 0.3) is 0 Å². The number of likely N-dealkylation sites (N-methyl/N-ethyl adjacent to an activating group) is 2. The number of carbonyl (C=O) groups excluding carboxylic acids is 3. The topological polar surface area (TPSA) is 168 Å². The van der Waals surface area contributed by atoms with Crippen molar-refractivity contribution in [2.24, 2.45) is 23.5 Å². The highest BCUT2D eigenvalue weighted by Gasteiger charge is 2.67. The highest BCUT2D eigenvalue weighted by molar-refractivity contribution is 6.25. The molecular formula is C28H38N4O7. The van der Waals surface area contributed by atoms with Gasteiger partial charge in [0.1, 0.15) is 17.4 Å². The number of rotatable bonds is 7. The number of ketones is 2. The Kier molecular flexibility index (Phi) is 7.41. The molecule has 2 saturated carbocycles. The molecule has 39 heavy (non-hydrogen) atoms. The molecule has 0 spiro atoms. The maximum atomic E-state index is 14.0. The van der Waals surface area contributed by atoms with Crippen LogP contribution in [-0.2, 0) is 27.3 Å². The summed E-state index contributed by atoms with van der Waals surface area (Å²) >= 11 is 0. The van der Waals surface area contributed by atoms with E-state index in [4.69, 9.17) is 5.73 Å². The van der Waals surface area contributed by atoms with Crippen molar-refractivity contribution in [1.29, 1.82) is 0 Å². The molecule has 3 aliphatic rings. The summed E-state index contributed by atoms with van der Waals surface area (Å²) in [5.74, 6) is -7.47. The van der Waals surface area contributed by atoms with Gasteiger partial charge in [0.2, 0.25) is 11.7 Å². The smallest absolute Gasteiger partial charge is 0.230 e. The van der Waals surface area contributed by atoms with E-state index in [0.29, 0.717) is 24.2 Å². The first kappa shape index (κ1) is 28.8. The van der Waals surface area contributed by atoms with Gasteiger partial charge in [-0.05, 0) is 51.5 Å². The number of fused-ring (bicyclic) bond motifs is 3. The minimum absolute atomic E-state index is 0.0790. The second kappa shape index (κ2) is 10.1. The average molecular weight is 543 g/mol. The molecule has 212 valence electrons. The zero-order chi connectivity index (χ0) is 29.1. The summed E-state index contributed by atoms with van der Waals surface area (Å²) in [6.07, 6.45) is 0.536. The van der Waals surface area contributed by atoms with Gasteiger partial charge in [0, 0.05) is 56.0 Å². The number of phenols is 1. The number of anilines is 1. The second-order valence-electron chi connectivity index (χ2n) is 11.4. The van der Waals surface area contributed by atoms with Crippen molar-refractivity contribution in [3.05, 3.63) is 41.0 Å². The first-order valence-electron chi connectivity index (χ1n) is 12.9. The molecule has 1 aromatic carbocycles. The van der Waals surface area contributed by atoms with Crippen LogP contribution in [0.3, 0.4) is 0 Å². The number of hydrogen-bond donors (Lipinski definition) is 5. The lowest BCUT2D eigenvalue weighted by molar-refractivity contribution is -0.184. The normalized spacial score (nSPS) is 30.2. The highest BCUT2D eigenvalue weighted by atomic mass is 16.3. The molecule has 6 atom stereocenters. The first-order chi connectivity index (χ1) is 18.2. The number of Topliss-reactive ketones (excluding diaryl/α,β-unsaturated/α-hetero) is 2. The van der Waals surface area contributed by atoms with E-state index >= 15 is 0 Å².